The van der Waals surface area contributed by atoms with Crippen LogP contribution < -0.4 is 4.90 Å². The zero-order valence-electron chi connectivity index (χ0n) is 12.2. The van der Waals surface area contributed by atoms with E-state index in [9.17, 15) is 14.7 Å². The van der Waals surface area contributed by atoms with Gasteiger partial charge in [-0.25, -0.2) is 0 Å². The molecule has 2 aliphatic rings. The first-order chi connectivity index (χ1) is 10.1. The first-order valence-electron chi connectivity index (χ1n) is 7.74. The van der Waals surface area contributed by atoms with Crippen molar-refractivity contribution in [2.75, 3.05) is 11.4 Å². The molecule has 1 aliphatic carbocycles. The highest BCUT2D eigenvalue weighted by Gasteiger charge is 2.44. The van der Waals surface area contributed by atoms with Gasteiger partial charge in [-0.2, -0.15) is 0 Å². The van der Waals surface area contributed by atoms with Crippen molar-refractivity contribution in [3.05, 3.63) is 29.8 Å². The third-order valence-electron chi connectivity index (χ3n) is 4.92. The van der Waals surface area contributed by atoms with Crippen LogP contribution in [0.4, 0.5) is 5.69 Å². The Balaban J connectivity index is 1.82. The summed E-state index contributed by atoms with van der Waals surface area (Å²) in [7, 11) is 0. The SMILES string of the molecule is O=C(CC1(C(=O)O)CCCC1)N1CCCc2ccccc21. The summed E-state index contributed by atoms with van der Waals surface area (Å²) in [6, 6.07) is 7.95. The molecule has 1 fully saturated rings. The van der Waals surface area contributed by atoms with E-state index in [-0.39, 0.29) is 12.3 Å². The molecule has 0 unspecified atom stereocenters. The number of aliphatic carboxylic acids is 1. The van der Waals surface area contributed by atoms with Crippen LogP contribution in [0.5, 0.6) is 0 Å². The number of para-hydroxylation sites is 1. The van der Waals surface area contributed by atoms with Crippen molar-refractivity contribution in [3.8, 4) is 0 Å². The van der Waals surface area contributed by atoms with E-state index in [1.165, 1.54) is 5.56 Å². The van der Waals surface area contributed by atoms with Crippen LogP contribution in [-0.4, -0.2) is 23.5 Å². The minimum absolute atomic E-state index is 0.0357. The van der Waals surface area contributed by atoms with Gasteiger partial charge in [-0.15, -0.1) is 0 Å². The first-order valence-corrected chi connectivity index (χ1v) is 7.74. The lowest BCUT2D eigenvalue weighted by Gasteiger charge is -2.32. The molecule has 1 aromatic carbocycles. The third-order valence-corrected chi connectivity index (χ3v) is 4.92. The summed E-state index contributed by atoms with van der Waals surface area (Å²) in [4.78, 5) is 26.1. The molecule has 1 heterocycles. The second-order valence-corrected chi connectivity index (χ2v) is 6.25. The number of hydrogen-bond donors (Lipinski definition) is 1. The molecule has 4 heteroatoms. The first kappa shape index (κ1) is 14.1. The zero-order chi connectivity index (χ0) is 14.9. The van der Waals surface area contributed by atoms with E-state index in [1.807, 2.05) is 18.2 Å². The van der Waals surface area contributed by atoms with Gasteiger partial charge in [-0.05, 0) is 37.3 Å². The van der Waals surface area contributed by atoms with Gasteiger partial charge in [0.05, 0.1) is 5.41 Å². The van der Waals surface area contributed by atoms with E-state index in [1.54, 1.807) is 4.90 Å². The molecule has 0 aromatic heterocycles. The number of carboxylic acids is 1. The number of carbonyl (C=O) groups excluding carboxylic acids is 1. The van der Waals surface area contributed by atoms with Crippen molar-refractivity contribution in [3.63, 3.8) is 0 Å². The Bertz CT molecular complexity index is 561. The molecule has 1 aliphatic heterocycles. The minimum Gasteiger partial charge on any atom is -0.481 e. The van der Waals surface area contributed by atoms with Crippen molar-refractivity contribution in [1.82, 2.24) is 0 Å². The number of carbonyl (C=O) groups is 2. The van der Waals surface area contributed by atoms with Crippen LogP contribution in [0.15, 0.2) is 24.3 Å². The highest BCUT2D eigenvalue weighted by Crippen LogP contribution is 2.42. The Kier molecular flexibility index (Phi) is 3.70. The number of nitrogens with zero attached hydrogens (tertiary/aromatic N) is 1. The lowest BCUT2D eigenvalue weighted by molar-refractivity contribution is -0.151. The molecule has 21 heavy (non-hydrogen) atoms. The molecule has 0 saturated heterocycles. The Morgan fingerprint density at radius 2 is 1.86 bits per heavy atom. The lowest BCUT2D eigenvalue weighted by atomic mass is 9.82. The fourth-order valence-electron chi connectivity index (χ4n) is 3.70. The molecule has 1 amide bonds. The average molecular weight is 287 g/mol. The molecular formula is C17H21NO3. The van der Waals surface area contributed by atoms with Gasteiger partial charge in [0.1, 0.15) is 0 Å². The van der Waals surface area contributed by atoms with Crippen LogP contribution in [0.3, 0.4) is 0 Å². The van der Waals surface area contributed by atoms with E-state index >= 15 is 0 Å². The van der Waals surface area contributed by atoms with E-state index in [0.29, 0.717) is 19.4 Å². The Morgan fingerprint density at radius 3 is 2.57 bits per heavy atom. The van der Waals surface area contributed by atoms with Crippen molar-refractivity contribution in [2.45, 2.75) is 44.9 Å². The molecule has 3 rings (SSSR count). The van der Waals surface area contributed by atoms with Crippen LogP contribution in [0.1, 0.15) is 44.1 Å². The summed E-state index contributed by atoms with van der Waals surface area (Å²) in [6.07, 6.45) is 5.16. The van der Waals surface area contributed by atoms with Crippen LogP contribution in [0.2, 0.25) is 0 Å². The van der Waals surface area contributed by atoms with E-state index < -0.39 is 11.4 Å². The number of anilines is 1. The smallest absolute Gasteiger partial charge is 0.310 e. The van der Waals surface area contributed by atoms with Crippen molar-refractivity contribution in [1.29, 1.82) is 0 Å². The molecule has 1 N–H and O–H groups in total. The number of rotatable bonds is 3. The van der Waals surface area contributed by atoms with Gasteiger partial charge in [0, 0.05) is 18.7 Å². The quantitative estimate of drug-likeness (QED) is 0.929. The zero-order valence-corrected chi connectivity index (χ0v) is 12.2. The molecule has 1 aromatic rings. The maximum Gasteiger partial charge on any atom is 0.310 e. The molecule has 4 nitrogen and oxygen atoms in total. The number of carboxylic acid groups (broad SMARTS) is 1. The Labute approximate surface area is 124 Å². The summed E-state index contributed by atoms with van der Waals surface area (Å²) in [5, 5.41) is 9.54. The van der Waals surface area contributed by atoms with Gasteiger partial charge in [-0.3, -0.25) is 9.59 Å². The standard InChI is InChI=1S/C17H21NO3/c19-15(12-17(16(20)21)9-3-4-10-17)18-11-5-7-13-6-1-2-8-14(13)18/h1-2,6,8H,3-5,7,9-12H2,(H,20,21). The number of fused-ring (bicyclic) bond motifs is 1. The maximum absolute atomic E-state index is 12.7. The number of hydrogen-bond acceptors (Lipinski definition) is 2. The van der Waals surface area contributed by atoms with E-state index in [2.05, 4.69) is 6.07 Å². The highest BCUT2D eigenvalue weighted by molar-refractivity contribution is 5.97. The van der Waals surface area contributed by atoms with Gasteiger partial charge in [0.2, 0.25) is 5.91 Å². The third kappa shape index (κ3) is 2.55. The van der Waals surface area contributed by atoms with E-state index in [0.717, 1.165) is 31.4 Å². The summed E-state index contributed by atoms with van der Waals surface area (Å²) < 4.78 is 0. The largest absolute Gasteiger partial charge is 0.481 e. The molecule has 112 valence electrons. The maximum atomic E-state index is 12.7. The van der Waals surface area contributed by atoms with Gasteiger partial charge < -0.3 is 10.0 Å². The Hall–Kier alpha value is -1.84. The molecular weight excluding hydrogens is 266 g/mol. The van der Waals surface area contributed by atoms with Crippen LogP contribution in [0, 0.1) is 5.41 Å². The number of benzene rings is 1. The lowest BCUT2D eigenvalue weighted by Crippen LogP contribution is -2.40. The fourth-order valence-corrected chi connectivity index (χ4v) is 3.70. The Morgan fingerprint density at radius 1 is 1.14 bits per heavy atom. The van der Waals surface area contributed by atoms with Crippen molar-refractivity contribution >= 4 is 17.6 Å². The van der Waals surface area contributed by atoms with Gasteiger partial charge in [0.15, 0.2) is 0 Å². The number of aryl methyl sites for hydroxylation is 1. The molecule has 0 bridgehead atoms. The molecule has 1 saturated carbocycles. The minimum atomic E-state index is -0.830. The van der Waals surface area contributed by atoms with Crippen LogP contribution in [0.25, 0.3) is 0 Å². The van der Waals surface area contributed by atoms with Crippen molar-refractivity contribution < 1.29 is 14.7 Å². The second-order valence-electron chi connectivity index (χ2n) is 6.25. The van der Waals surface area contributed by atoms with Gasteiger partial charge in [0.25, 0.3) is 0 Å². The summed E-state index contributed by atoms with van der Waals surface area (Å²) in [6.45, 7) is 0.700. The van der Waals surface area contributed by atoms with Gasteiger partial charge >= 0.3 is 5.97 Å². The normalized spacial score (nSPS) is 20.1. The summed E-state index contributed by atoms with van der Waals surface area (Å²) in [5.41, 5.74) is 1.32. The van der Waals surface area contributed by atoms with Crippen molar-refractivity contribution in [2.24, 2.45) is 5.41 Å². The summed E-state index contributed by atoms with van der Waals surface area (Å²) in [5.74, 6) is -0.843. The predicted octanol–water partition coefficient (Wildman–Crippen LogP) is 3.00. The highest BCUT2D eigenvalue weighted by atomic mass is 16.4. The second kappa shape index (κ2) is 5.51. The average Bonchev–Trinajstić information content (AvgIpc) is 2.96. The molecule has 0 spiro atoms. The molecule has 0 radical (unpaired) electrons. The topological polar surface area (TPSA) is 57.6 Å². The van der Waals surface area contributed by atoms with Gasteiger partial charge in [-0.1, -0.05) is 31.0 Å². The predicted molar refractivity (Wildman–Crippen MR) is 80.3 cm³/mol. The van der Waals surface area contributed by atoms with Crippen LogP contribution in [-0.2, 0) is 16.0 Å². The van der Waals surface area contributed by atoms with Crippen LogP contribution >= 0.6 is 0 Å². The fraction of sp³-hybridized carbons (Fsp3) is 0.529. The monoisotopic (exact) mass is 287 g/mol. The molecule has 0 atom stereocenters. The summed E-state index contributed by atoms with van der Waals surface area (Å²) >= 11 is 0. The number of amides is 1. The van der Waals surface area contributed by atoms with E-state index in [4.69, 9.17) is 0 Å².